The Hall–Kier alpha value is -3.23. The van der Waals surface area contributed by atoms with E-state index in [2.05, 4.69) is 4.74 Å². The van der Waals surface area contributed by atoms with Crippen molar-refractivity contribution in [3.05, 3.63) is 70.8 Å². The third-order valence-electron chi connectivity index (χ3n) is 3.48. The Bertz CT molecular complexity index is 842. The maximum absolute atomic E-state index is 10.8. The number of halogens is 1. The summed E-state index contributed by atoms with van der Waals surface area (Å²) in [5.41, 5.74) is 0.680. The molecule has 9 heteroatoms. The molecule has 8 nitrogen and oxygen atoms in total. The zero-order valence-electron chi connectivity index (χ0n) is 14.3. The van der Waals surface area contributed by atoms with Gasteiger partial charge >= 0.3 is 23.9 Å². The predicted molar refractivity (Wildman–Crippen MR) is 97.0 cm³/mol. The molecular weight excluding hydrogens is 392 g/mol. The first-order valence-electron chi connectivity index (χ1n) is 7.93. The standard InChI is InChI=1S/C8H6O4.C8H4O3.C3H5ClO/c9-7(10)5-2-1-3-6(4-5)8(11)12;9-7-5-3-1-2-4-6(5)8(10)11-7;4-1-3-2-5-3/h1-4H,(H,9,10)(H,11,12);1-4H;3H,1-2H2. The van der Waals surface area contributed by atoms with Crippen molar-refractivity contribution in [1.82, 2.24) is 0 Å². The van der Waals surface area contributed by atoms with Crippen LogP contribution in [0, 0.1) is 0 Å². The fourth-order valence-corrected chi connectivity index (χ4v) is 2.15. The lowest BCUT2D eigenvalue weighted by molar-refractivity contribution is 0.0442. The maximum atomic E-state index is 10.8. The minimum absolute atomic E-state index is 0.0186. The molecule has 1 saturated heterocycles. The summed E-state index contributed by atoms with van der Waals surface area (Å²) in [6.07, 6.45) is 0.400. The second-order valence-electron chi connectivity index (χ2n) is 5.52. The normalized spacial score (nSPS) is 15.8. The molecular formula is C19H15ClO8. The molecule has 2 aromatic rings. The number of carboxylic acid groups (broad SMARTS) is 2. The second-order valence-corrected chi connectivity index (χ2v) is 5.83. The molecule has 0 amide bonds. The number of carboxylic acids is 2. The topological polar surface area (TPSA) is 131 Å². The second kappa shape index (κ2) is 9.63. The SMILES string of the molecule is ClCC1CO1.O=C(O)c1cccc(C(=O)O)c1.O=C1OC(=O)c2ccccc21. The number of hydrogen-bond donors (Lipinski definition) is 2. The molecule has 4 rings (SSSR count). The Labute approximate surface area is 164 Å². The minimum atomic E-state index is -1.13. The molecule has 0 radical (unpaired) electrons. The molecule has 2 aliphatic rings. The van der Waals surface area contributed by atoms with Crippen LogP contribution in [0.2, 0.25) is 0 Å². The van der Waals surface area contributed by atoms with Crippen molar-refractivity contribution in [2.24, 2.45) is 0 Å². The van der Waals surface area contributed by atoms with Crippen molar-refractivity contribution in [3.8, 4) is 0 Å². The van der Waals surface area contributed by atoms with Crippen LogP contribution >= 0.6 is 11.6 Å². The molecule has 2 aliphatic heterocycles. The molecule has 1 fully saturated rings. The third kappa shape index (κ3) is 5.90. The number of esters is 2. The lowest BCUT2D eigenvalue weighted by Crippen LogP contribution is -2.01. The van der Waals surface area contributed by atoms with Crippen LogP contribution in [0.1, 0.15) is 41.4 Å². The quantitative estimate of drug-likeness (QED) is 0.344. The molecule has 1 atom stereocenters. The van der Waals surface area contributed by atoms with E-state index in [1.807, 2.05) is 0 Å². The largest absolute Gasteiger partial charge is 0.478 e. The molecule has 28 heavy (non-hydrogen) atoms. The van der Waals surface area contributed by atoms with Crippen molar-refractivity contribution < 1.29 is 38.9 Å². The van der Waals surface area contributed by atoms with Gasteiger partial charge in [0.25, 0.3) is 0 Å². The molecule has 146 valence electrons. The third-order valence-corrected chi connectivity index (χ3v) is 3.83. The van der Waals surface area contributed by atoms with E-state index in [0.29, 0.717) is 23.1 Å². The fourth-order valence-electron chi connectivity index (χ4n) is 1.98. The van der Waals surface area contributed by atoms with Gasteiger partial charge in [0, 0.05) is 0 Å². The van der Waals surface area contributed by atoms with Gasteiger partial charge in [0.05, 0.1) is 40.8 Å². The number of aromatic carboxylic acids is 2. The molecule has 2 heterocycles. The number of epoxide rings is 1. The summed E-state index contributed by atoms with van der Waals surface area (Å²) in [7, 11) is 0. The smallest absolute Gasteiger partial charge is 0.346 e. The summed E-state index contributed by atoms with van der Waals surface area (Å²) in [6.45, 7) is 0.878. The Morgan fingerprint density at radius 1 is 0.929 bits per heavy atom. The highest BCUT2D eigenvalue weighted by Crippen LogP contribution is 2.18. The number of rotatable bonds is 3. The molecule has 1 unspecified atom stereocenters. The molecule has 2 N–H and O–H groups in total. The van der Waals surface area contributed by atoms with Crippen LogP contribution in [0.3, 0.4) is 0 Å². The van der Waals surface area contributed by atoms with Crippen molar-refractivity contribution in [3.63, 3.8) is 0 Å². The van der Waals surface area contributed by atoms with Crippen LogP contribution in [-0.2, 0) is 9.47 Å². The highest BCUT2D eigenvalue weighted by Gasteiger charge is 2.28. The van der Waals surface area contributed by atoms with Gasteiger partial charge in [-0.1, -0.05) is 18.2 Å². The fraction of sp³-hybridized carbons (Fsp3) is 0.158. The molecule has 0 spiro atoms. The Balaban J connectivity index is 0.000000162. The van der Waals surface area contributed by atoms with Crippen LogP contribution in [0.4, 0.5) is 0 Å². The molecule has 0 bridgehead atoms. The number of hydrogen-bond acceptors (Lipinski definition) is 6. The number of alkyl halides is 1. The zero-order chi connectivity index (χ0) is 20.7. The van der Waals surface area contributed by atoms with Crippen LogP contribution < -0.4 is 0 Å². The lowest BCUT2D eigenvalue weighted by atomic mass is 10.1. The van der Waals surface area contributed by atoms with Gasteiger partial charge in [-0.3, -0.25) is 0 Å². The Morgan fingerprint density at radius 2 is 1.39 bits per heavy atom. The van der Waals surface area contributed by atoms with E-state index in [-0.39, 0.29) is 11.1 Å². The van der Waals surface area contributed by atoms with Gasteiger partial charge in [-0.15, -0.1) is 11.6 Å². The van der Waals surface area contributed by atoms with E-state index in [1.165, 1.54) is 18.2 Å². The van der Waals surface area contributed by atoms with Crippen molar-refractivity contribution in [1.29, 1.82) is 0 Å². The number of ether oxygens (including phenoxy) is 2. The van der Waals surface area contributed by atoms with Crippen LogP contribution in [0.5, 0.6) is 0 Å². The highest BCUT2D eigenvalue weighted by molar-refractivity contribution is 6.18. The summed E-state index contributed by atoms with van der Waals surface area (Å²) in [5, 5.41) is 17.0. The minimum Gasteiger partial charge on any atom is -0.478 e. The number of carbonyl (C=O) groups is 4. The van der Waals surface area contributed by atoms with Gasteiger partial charge in [0.1, 0.15) is 0 Å². The predicted octanol–water partition coefficient (Wildman–Crippen LogP) is 2.70. The number of fused-ring (bicyclic) bond motifs is 1. The van der Waals surface area contributed by atoms with E-state index in [4.69, 9.17) is 26.6 Å². The van der Waals surface area contributed by atoms with Crippen LogP contribution in [-0.4, -0.2) is 52.7 Å². The Morgan fingerprint density at radius 3 is 1.71 bits per heavy atom. The average molecular weight is 407 g/mol. The first kappa shape index (κ1) is 21.1. The van der Waals surface area contributed by atoms with E-state index in [1.54, 1.807) is 24.3 Å². The van der Waals surface area contributed by atoms with E-state index >= 15 is 0 Å². The van der Waals surface area contributed by atoms with E-state index in [0.717, 1.165) is 12.7 Å². The van der Waals surface area contributed by atoms with Crippen LogP contribution in [0.15, 0.2) is 48.5 Å². The zero-order valence-corrected chi connectivity index (χ0v) is 15.1. The summed E-state index contributed by atoms with van der Waals surface area (Å²) in [6, 6.07) is 11.7. The highest BCUT2D eigenvalue weighted by atomic mass is 35.5. The summed E-state index contributed by atoms with van der Waals surface area (Å²) in [5.74, 6) is -2.69. The summed E-state index contributed by atoms with van der Waals surface area (Å²) >= 11 is 5.27. The number of carbonyl (C=O) groups excluding carboxylic acids is 2. The summed E-state index contributed by atoms with van der Waals surface area (Å²) in [4.78, 5) is 42.4. The van der Waals surface area contributed by atoms with Gasteiger partial charge in [-0.25, -0.2) is 19.2 Å². The lowest BCUT2D eigenvalue weighted by Gasteiger charge is -1.95. The molecule has 0 aromatic heterocycles. The van der Waals surface area contributed by atoms with Crippen LogP contribution in [0.25, 0.3) is 0 Å². The van der Waals surface area contributed by atoms with Gasteiger partial charge in [0.2, 0.25) is 0 Å². The van der Waals surface area contributed by atoms with Crippen molar-refractivity contribution in [2.75, 3.05) is 12.5 Å². The van der Waals surface area contributed by atoms with Gasteiger partial charge < -0.3 is 19.7 Å². The Kier molecular flexibility index (Phi) is 7.25. The first-order chi connectivity index (χ1) is 13.3. The monoisotopic (exact) mass is 406 g/mol. The summed E-state index contributed by atoms with van der Waals surface area (Å²) < 4.78 is 9.08. The maximum Gasteiger partial charge on any atom is 0.346 e. The molecule has 0 saturated carbocycles. The van der Waals surface area contributed by atoms with Gasteiger partial charge in [0.15, 0.2) is 0 Å². The molecule has 0 aliphatic carbocycles. The van der Waals surface area contributed by atoms with Crippen molar-refractivity contribution >= 4 is 35.5 Å². The van der Waals surface area contributed by atoms with E-state index in [9.17, 15) is 19.2 Å². The average Bonchev–Trinajstić information content (AvgIpc) is 3.49. The van der Waals surface area contributed by atoms with E-state index < -0.39 is 23.9 Å². The number of benzene rings is 2. The van der Waals surface area contributed by atoms with Crippen molar-refractivity contribution in [2.45, 2.75) is 6.10 Å². The first-order valence-corrected chi connectivity index (χ1v) is 8.46. The number of cyclic esters (lactones) is 2. The van der Waals surface area contributed by atoms with Gasteiger partial charge in [-0.05, 0) is 30.3 Å². The van der Waals surface area contributed by atoms with Gasteiger partial charge in [-0.2, -0.15) is 0 Å². The molecule has 2 aromatic carbocycles.